The lowest BCUT2D eigenvalue weighted by atomic mass is 10.1. The van der Waals surface area contributed by atoms with E-state index < -0.39 is 26.7 Å². The summed E-state index contributed by atoms with van der Waals surface area (Å²) in [5.41, 5.74) is 0.817. The number of thioether (sulfide) groups is 1. The van der Waals surface area contributed by atoms with Crippen LogP contribution in [0.5, 0.6) is 0 Å². The third-order valence-electron chi connectivity index (χ3n) is 3.92. The molecule has 0 amide bonds. The molecule has 0 N–H and O–H groups in total. The van der Waals surface area contributed by atoms with Crippen molar-refractivity contribution < 1.29 is 9.13 Å². The maximum absolute atomic E-state index is 13.1. The molecule has 1 unspecified atom stereocenters. The Bertz CT molecular complexity index is 724. The summed E-state index contributed by atoms with van der Waals surface area (Å²) in [5, 5.41) is 11.8. The van der Waals surface area contributed by atoms with Crippen LogP contribution < -0.4 is 0 Å². The molecule has 1 saturated carbocycles. The fraction of sp³-hybridized carbons (Fsp3) is 0.474. The highest BCUT2D eigenvalue weighted by Crippen LogP contribution is 2.44. The molecule has 0 saturated heterocycles. The van der Waals surface area contributed by atoms with Crippen LogP contribution in [0.2, 0.25) is 0 Å². The summed E-state index contributed by atoms with van der Waals surface area (Å²) in [5.74, 6) is 0. The first-order valence-corrected chi connectivity index (χ1v) is 10.5. The second kappa shape index (κ2) is 8.50. The van der Waals surface area contributed by atoms with Crippen LogP contribution in [0.25, 0.3) is 0 Å². The molecule has 1 fully saturated rings. The highest BCUT2D eigenvalue weighted by atomic mass is 32.2. The summed E-state index contributed by atoms with van der Waals surface area (Å²) in [4.78, 5) is 11.9. The average Bonchev–Trinajstić information content (AvgIpc) is 3.38. The predicted molar refractivity (Wildman–Crippen MR) is 110 cm³/mol. The zero-order chi connectivity index (χ0) is 19.5. The third kappa shape index (κ3) is 5.05. The molecule has 7 heteroatoms. The molecule has 0 aliphatic heterocycles. The number of nitro groups is 1. The first-order valence-electron chi connectivity index (χ1n) is 8.56. The van der Waals surface area contributed by atoms with Crippen LogP contribution in [0.4, 0.5) is 5.69 Å². The summed E-state index contributed by atoms with van der Waals surface area (Å²) in [6.07, 6.45) is 5.72. The van der Waals surface area contributed by atoms with E-state index in [1.54, 1.807) is 40.4 Å². The van der Waals surface area contributed by atoms with Crippen molar-refractivity contribution in [2.45, 2.75) is 54.5 Å². The molecule has 0 bridgehead atoms. The predicted octanol–water partition coefficient (Wildman–Crippen LogP) is 5.03. The summed E-state index contributed by atoms with van der Waals surface area (Å²) in [7, 11) is -1.32. The summed E-state index contributed by atoms with van der Waals surface area (Å²) in [6, 6.07) is 4.54. The molecule has 2 rings (SSSR count). The van der Waals surface area contributed by atoms with Gasteiger partial charge in [0, 0.05) is 28.8 Å². The standard InChI is InChI=1S/C19H26N2O3S2/c1-6-12-20(26(24)19(3,4)5)17(7-2)16-13-14(21(22)23)8-11-18(16)25-15-9-10-15/h6-8,11,13,15,17H,1-2,9-10,12H2,3-5H3/t17?,26-/m0/s1. The van der Waals surface area contributed by atoms with Gasteiger partial charge in [-0.15, -0.1) is 24.9 Å². The van der Waals surface area contributed by atoms with Crippen LogP contribution in [-0.4, -0.2) is 30.0 Å². The Kier molecular flexibility index (Phi) is 6.82. The van der Waals surface area contributed by atoms with Gasteiger partial charge in [-0.3, -0.25) is 10.1 Å². The molecule has 5 nitrogen and oxygen atoms in total. The second-order valence-corrected chi connectivity index (χ2v) is 10.8. The van der Waals surface area contributed by atoms with Crippen molar-refractivity contribution in [2.75, 3.05) is 6.54 Å². The number of benzene rings is 1. The zero-order valence-electron chi connectivity index (χ0n) is 15.5. The monoisotopic (exact) mass is 394 g/mol. The summed E-state index contributed by atoms with van der Waals surface area (Å²) in [6.45, 7) is 13.8. The Hall–Kier alpha value is -1.44. The van der Waals surface area contributed by atoms with Crippen molar-refractivity contribution in [3.05, 3.63) is 59.2 Å². The van der Waals surface area contributed by atoms with Gasteiger partial charge in [0.25, 0.3) is 5.69 Å². The van der Waals surface area contributed by atoms with E-state index in [9.17, 15) is 14.3 Å². The van der Waals surface area contributed by atoms with Crippen LogP contribution in [0.3, 0.4) is 0 Å². The maximum Gasteiger partial charge on any atom is 0.269 e. The molecule has 1 aliphatic rings. The van der Waals surface area contributed by atoms with E-state index in [1.807, 2.05) is 20.8 Å². The Balaban J connectivity index is 2.52. The van der Waals surface area contributed by atoms with E-state index >= 15 is 0 Å². The first kappa shape index (κ1) is 20.9. The molecule has 1 aromatic rings. The molecule has 0 spiro atoms. The number of hydrogen-bond donors (Lipinski definition) is 0. The fourth-order valence-corrected chi connectivity index (χ4v) is 5.06. The molecule has 0 aromatic heterocycles. The number of rotatable bonds is 9. The minimum Gasteiger partial charge on any atom is -0.258 e. The van der Waals surface area contributed by atoms with E-state index in [0.717, 1.165) is 23.3 Å². The van der Waals surface area contributed by atoms with Gasteiger partial charge in [-0.1, -0.05) is 12.2 Å². The topological polar surface area (TPSA) is 63.4 Å². The lowest BCUT2D eigenvalue weighted by Crippen LogP contribution is -2.39. The van der Waals surface area contributed by atoms with Gasteiger partial charge in [0.05, 0.1) is 15.7 Å². The fourth-order valence-electron chi connectivity index (χ4n) is 2.52. The van der Waals surface area contributed by atoms with Crippen molar-refractivity contribution in [3.8, 4) is 0 Å². The largest absolute Gasteiger partial charge is 0.269 e. The van der Waals surface area contributed by atoms with Gasteiger partial charge in [-0.2, -0.15) is 0 Å². The Labute approximate surface area is 162 Å². The normalized spacial score (nSPS) is 16.9. The molecule has 1 aromatic carbocycles. The van der Waals surface area contributed by atoms with E-state index in [4.69, 9.17) is 0 Å². The Morgan fingerprint density at radius 1 is 1.42 bits per heavy atom. The minimum absolute atomic E-state index is 0.0343. The Morgan fingerprint density at radius 2 is 2.08 bits per heavy atom. The van der Waals surface area contributed by atoms with E-state index in [0.29, 0.717) is 11.8 Å². The van der Waals surface area contributed by atoms with Gasteiger partial charge < -0.3 is 0 Å². The van der Waals surface area contributed by atoms with Gasteiger partial charge in [-0.05, 0) is 45.2 Å². The lowest BCUT2D eigenvalue weighted by molar-refractivity contribution is -0.385. The van der Waals surface area contributed by atoms with Gasteiger partial charge in [0.15, 0.2) is 0 Å². The van der Waals surface area contributed by atoms with Gasteiger partial charge in [0.2, 0.25) is 0 Å². The molecular weight excluding hydrogens is 368 g/mol. The summed E-state index contributed by atoms with van der Waals surface area (Å²) >= 11 is 1.73. The van der Waals surface area contributed by atoms with Crippen molar-refractivity contribution in [2.24, 2.45) is 0 Å². The van der Waals surface area contributed by atoms with Crippen molar-refractivity contribution in [3.63, 3.8) is 0 Å². The second-order valence-electron chi connectivity index (χ2n) is 7.23. The van der Waals surface area contributed by atoms with Crippen molar-refractivity contribution >= 4 is 28.4 Å². The lowest BCUT2D eigenvalue weighted by Gasteiger charge is -2.33. The number of nitro benzene ring substituents is 1. The van der Waals surface area contributed by atoms with Gasteiger partial charge >= 0.3 is 0 Å². The van der Waals surface area contributed by atoms with Crippen LogP contribution in [0.15, 0.2) is 48.4 Å². The van der Waals surface area contributed by atoms with Crippen LogP contribution >= 0.6 is 11.8 Å². The third-order valence-corrected chi connectivity index (χ3v) is 7.20. The molecular formula is C19H26N2O3S2. The van der Waals surface area contributed by atoms with Gasteiger partial charge in [0.1, 0.15) is 11.0 Å². The van der Waals surface area contributed by atoms with Gasteiger partial charge in [-0.25, -0.2) is 8.51 Å². The van der Waals surface area contributed by atoms with Crippen LogP contribution in [-0.2, 0) is 11.0 Å². The van der Waals surface area contributed by atoms with E-state index in [2.05, 4.69) is 13.2 Å². The van der Waals surface area contributed by atoms with Crippen LogP contribution in [0, 0.1) is 10.1 Å². The summed E-state index contributed by atoms with van der Waals surface area (Å²) < 4.78 is 14.4. The zero-order valence-corrected chi connectivity index (χ0v) is 17.1. The van der Waals surface area contributed by atoms with E-state index in [-0.39, 0.29) is 5.69 Å². The quantitative estimate of drug-likeness (QED) is 0.335. The maximum atomic E-state index is 13.1. The van der Waals surface area contributed by atoms with Crippen molar-refractivity contribution in [1.82, 2.24) is 4.31 Å². The average molecular weight is 395 g/mol. The minimum atomic E-state index is -1.32. The molecule has 142 valence electrons. The SMILES string of the molecule is C=CCN(C(C=C)c1cc([N+](=O)[O-])ccc1SC1CC1)[S@@](=O)C(C)(C)C. The molecule has 0 radical (unpaired) electrons. The molecule has 2 atom stereocenters. The van der Waals surface area contributed by atoms with Crippen LogP contribution in [0.1, 0.15) is 45.2 Å². The highest BCUT2D eigenvalue weighted by molar-refractivity contribution is 8.00. The highest BCUT2D eigenvalue weighted by Gasteiger charge is 2.33. The number of nitrogens with zero attached hydrogens (tertiary/aromatic N) is 2. The Morgan fingerprint density at radius 3 is 2.54 bits per heavy atom. The van der Waals surface area contributed by atoms with E-state index in [1.165, 1.54) is 6.07 Å². The number of non-ortho nitro benzene ring substituents is 1. The smallest absolute Gasteiger partial charge is 0.258 e. The molecule has 1 aliphatic carbocycles. The number of hydrogen-bond acceptors (Lipinski definition) is 4. The first-order chi connectivity index (χ1) is 12.2. The molecule has 26 heavy (non-hydrogen) atoms. The molecule has 0 heterocycles. The van der Waals surface area contributed by atoms with Crippen molar-refractivity contribution in [1.29, 1.82) is 0 Å².